The van der Waals surface area contributed by atoms with Crippen molar-refractivity contribution >= 4 is 16.4 Å². The van der Waals surface area contributed by atoms with E-state index in [0.717, 1.165) is 19.3 Å². The summed E-state index contributed by atoms with van der Waals surface area (Å²) < 4.78 is 39.5. The van der Waals surface area contributed by atoms with Crippen LogP contribution in [0.1, 0.15) is 168 Å². The van der Waals surface area contributed by atoms with Crippen molar-refractivity contribution in [2.45, 2.75) is 168 Å². The van der Waals surface area contributed by atoms with E-state index in [1.165, 1.54) is 128 Å². The van der Waals surface area contributed by atoms with Gasteiger partial charge in [-0.2, -0.15) is 0 Å². The SMILES string of the molecule is CCCCCCCC/C=C\CCCCCCCC(=O)OCCCCCCCCCCCC.O=S(=O)([O-])[O-].[Na+].[Na+]. The summed E-state index contributed by atoms with van der Waals surface area (Å²) in [5, 5.41) is 0. The summed E-state index contributed by atoms with van der Waals surface area (Å²) in [5.74, 6) is 0.0125. The van der Waals surface area contributed by atoms with E-state index < -0.39 is 10.4 Å². The van der Waals surface area contributed by atoms with Crippen LogP contribution in [-0.4, -0.2) is 30.1 Å². The number of esters is 1. The van der Waals surface area contributed by atoms with Gasteiger partial charge in [-0.1, -0.05) is 135 Å². The van der Waals surface area contributed by atoms with Crippen molar-refractivity contribution < 1.29 is 86.2 Å². The van der Waals surface area contributed by atoms with E-state index in [1.807, 2.05) is 0 Å². The topological polar surface area (TPSA) is 107 Å². The molecule has 0 spiro atoms. The molecule has 0 aliphatic rings. The smallest absolute Gasteiger partial charge is 0.759 e. The quantitative estimate of drug-likeness (QED) is 0.0382. The Morgan fingerprint density at radius 3 is 1.26 bits per heavy atom. The molecule has 0 aliphatic carbocycles. The van der Waals surface area contributed by atoms with Crippen molar-refractivity contribution in [3.63, 3.8) is 0 Å². The molecule has 0 saturated heterocycles. The minimum absolute atomic E-state index is 0. The van der Waals surface area contributed by atoms with Gasteiger partial charge >= 0.3 is 65.1 Å². The van der Waals surface area contributed by atoms with Crippen LogP contribution in [0, 0.1) is 0 Å². The third kappa shape index (κ3) is 55.6. The summed E-state index contributed by atoms with van der Waals surface area (Å²) in [6.45, 7) is 5.17. The van der Waals surface area contributed by atoms with Crippen LogP contribution < -0.4 is 59.1 Å². The molecular formula is C30H58Na2O6S. The maximum atomic E-state index is 11.8. The van der Waals surface area contributed by atoms with E-state index in [2.05, 4.69) is 26.0 Å². The molecule has 0 amide bonds. The van der Waals surface area contributed by atoms with E-state index in [1.54, 1.807) is 0 Å². The van der Waals surface area contributed by atoms with Crippen LogP contribution in [0.2, 0.25) is 0 Å². The minimum Gasteiger partial charge on any atom is -0.759 e. The van der Waals surface area contributed by atoms with Gasteiger partial charge in [-0.3, -0.25) is 13.2 Å². The second-order valence-corrected chi connectivity index (χ2v) is 11.0. The van der Waals surface area contributed by atoms with Gasteiger partial charge in [0.2, 0.25) is 0 Å². The van der Waals surface area contributed by atoms with E-state index in [-0.39, 0.29) is 65.1 Å². The molecule has 222 valence electrons. The Labute approximate surface area is 286 Å². The second kappa shape index (κ2) is 39.1. The van der Waals surface area contributed by atoms with Crippen molar-refractivity contribution in [2.75, 3.05) is 6.61 Å². The maximum absolute atomic E-state index is 11.8. The molecule has 0 rings (SSSR count). The zero-order valence-electron chi connectivity index (χ0n) is 26.2. The first-order valence-electron chi connectivity index (χ1n) is 15.3. The van der Waals surface area contributed by atoms with Crippen molar-refractivity contribution in [1.82, 2.24) is 0 Å². The molecule has 0 atom stereocenters. The van der Waals surface area contributed by atoms with Crippen molar-refractivity contribution in [3.05, 3.63) is 12.2 Å². The number of allylic oxidation sites excluding steroid dienone is 2. The summed E-state index contributed by atoms with van der Waals surface area (Å²) >= 11 is 0. The van der Waals surface area contributed by atoms with Crippen LogP contribution in [0.4, 0.5) is 0 Å². The molecule has 0 radical (unpaired) electrons. The first-order chi connectivity index (χ1) is 17.8. The third-order valence-electron chi connectivity index (χ3n) is 6.40. The molecule has 0 aliphatic heterocycles. The zero-order valence-corrected chi connectivity index (χ0v) is 31.0. The summed E-state index contributed by atoms with van der Waals surface area (Å²) in [4.78, 5) is 11.8. The largest absolute Gasteiger partial charge is 1.00 e. The summed E-state index contributed by atoms with van der Waals surface area (Å²) in [5.41, 5.74) is 0. The van der Waals surface area contributed by atoms with Crippen LogP contribution in [0.25, 0.3) is 0 Å². The fourth-order valence-electron chi connectivity index (χ4n) is 4.19. The van der Waals surface area contributed by atoms with Gasteiger partial charge in [0.25, 0.3) is 0 Å². The standard InChI is InChI=1S/C30H58O2.2Na.H2O4S/c1-3-5-7-9-11-13-15-16-17-18-19-20-22-24-26-28-30(31)32-29-27-25-23-21-14-12-10-8-6-4-2;;;1-5(2,3)4/h16-17H,3-15,18-29H2,1-2H3;;;(H2,1,2,3,4)/q;2*+1;/p-2/b17-16-;;;. The van der Waals surface area contributed by atoms with Gasteiger partial charge in [0.15, 0.2) is 0 Å². The Bertz CT molecular complexity index is 592. The predicted molar refractivity (Wildman–Crippen MR) is 153 cm³/mol. The Morgan fingerprint density at radius 1 is 0.564 bits per heavy atom. The van der Waals surface area contributed by atoms with Crippen molar-refractivity contribution in [2.24, 2.45) is 0 Å². The Morgan fingerprint density at radius 2 is 0.872 bits per heavy atom. The van der Waals surface area contributed by atoms with Crippen LogP contribution in [-0.2, 0) is 19.9 Å². The molecule has 0 saturated carbocycles. The van der Waals surface area contributed by atoms with E-state index in [9.17, 15) is 4.79 Å². The number of hydrogen-bond acceptors (Lipinski definition) is 6. The summed E-state index contributed by atoms with van der Waals surface area (Å²) in [6, 6.07) is 0. The normalized spacial score (nSPS) is 10.9. The van der Waals surface area contributed by atoms with Gasteiger partial charge in [-0.05, 0) is 38.5 Å². The van der Waals surface area contributed by atoms with E-state index >= 15 is 0 Å². The fourth-order valence-corrected chi connectivity index (χ4v) is 4.19. The van der Waals surface area contributed by atoms with Crippen LogP contribution >= 0.6 is 0 Å². The molecule has 39 heavy (non-hydrogen) atoms. The summed E-state index contributed by atoms with van der Waals surface area (Å²) in [7, 11) is -5.17. The predicted octanol–water partition coefficient (Wildman–Crippen LogP) is 3.16. The zero-order chi connectivity index (χ0) is 27.9. The van der Waals surface area contributed by atoms with Gasteiger partial charge in [-0.15, -0.1) is 0 Å². The number of carbonyl (C=O) groups is 1. The first kappa shape index (κ1) is 47.0. The molecule has 6 nitrogen and oxygen atoms in total. The Balaban J connectivity index is -0.000000796. The van der Waals surface area contributed by atoms with E-state index in [0.29, 0.717) is 13.0 Å². The second-order valence-electron chi connectivity index (χ2n) is 10.1. The van der Waals surface area contributed by atoms with Gasteiger partial charge in [0.05, 0.1) is 6.61 Å². The molecule has 0 N–H and O–H groups in total. The summed E-state index contributed by atoms with van der Waals surface area (Å²) in [6.07, 6.45) is 35.3. The molecule has 9 heteroatoms. The number of rotatable bonds is 26. The molecular weight excluding hydrogens is 534 g/mol. The molecule has 0 unspecified atom stereocenters. The molecule has 0 aromatic heterocycles. The van der Waals surface area contributed by atoms with Crippen LogP contribution in [0.5, 0.6) is 0 Å². The number of ether oxygens (including phenoxy) is 1. The third-order valence-corrected chi connectivity index (χ3v) is 6.40. The molecule has 0 fully saturated rings. The average Bonchev–Trinajstić information content (AvgIpc) is 2.84. The van der Waals surface area contributed by atoms with Gasteiger partial charge in [0, 0.05) is 16.8 Å². The van der Waals surface area contributed by atoms with E-state index in [4.69, 9.17) is 22.3 Å². The number of unbranched alkanes of at least 4 members (excludes halogenated alkanes) is 20. The van der Waals surface area contributed by atoms with Gasteiger partial charge < -0.3 is 13.8 Å². The number of carbonyl (C=O) groups excluding carboxylic acids is 1. The molecule has 0 aromatic carbocycles. The molecule has 0 bridgehead atoms. The first-order valence-corrected chi connectivity index (χ1v) is 16.6. The molecule has 0 aromatic rings. The Kier molecular flexibility index (Phi) is 47.1. The average molecular weight is 593 g/mol. The van der Waals surface area contributed by atoms with Crippen molar-refractivity contribution in [1.29, 1.82) is 0 Å². The van der Waals surface area contributed by atoms with Crippen molar-refractivity contribution in [3.8, 4) is 0 Å². The van der Waals surface area contributed by atoms with Gasteiger partial charge in [0.1, 0.15) is 0 Å². The maximum Gasteiger partial charge on any atom is 1.00 e. The number of hydrogen-bond donors (Lipinski definition) is 0. The van der Waals surface area contributed by atoms with Gasteiger partial charge in [-0.25, -0.2) is 0 Å². The van der Waals surface area contributed by atoms with Crippen LogP contribution in [0.15, 0.2) is 12.2 Å². The Hall–Kier alpha value is 1.08. The monoisotopic (exact) mass is 592 g/mol. The molecule has 0 heterocycles. The van der Waals surface area contributed by atoms with Crippen LogP contribution in [0.3, 0.4) is 0 Å². The fraction of sp³-hybridized carbons (Fsp3) is 0.900. The minimum atomic E-state index is -5.17.